The summed E-state index contributed by atoms with van der Waals surface area (Å²) in [6.07, 6.45) is 1.11. The van der Waals surface area contributed by atoms with Gasteiger partial charge in [-0.15, -0.1) is 0 Å². The molecule has 0 spiro atoms. The quantitative estimate of drug-likeness (QED) is 0.468. The minimum atomic E-state index is -0.148. The van der Waals surface area contributed by atoms with Crippen LogP contribution in [0.5, 0.6) is 0 Å². The topological polar surface area (TPSA) is 34.1 Å². The van der Waals surface area contributed by atoms with Crippen molar-refractivity contribution in [3.63, 3.8) is 0 Å². The Bertz CT molecular complexity index is 112. The average molecular weight is 146 g/mol. The summed E-state index contributed by atoms with van der Waals surface area (Å²) in [4.78, 5) is 20.5. The zero-order chi connectivity index (χ0) is 7.28. The lowest BCUT2D eigenvalue weighted by Gasteiger charge is -1.97. The highest BCUT2D eigenvalue weighted by Crippen LogP contribution is 1.98. The van der Waals surface area contributed by atoms with Crippen LogP contribution in [0.3, 0.4) is 0 Å². The second-order valence-electron chi connectivity index (χ2n) is 2.01. The average Bonchev–Trinajstić information content (AvgIpc) is 1.87. The molecule has 3 heteroatoms. The Hall–Kier alpha value is -0.310. The van der Waals surface area contributed by atoms with Crippen molar-refractivity contribution in [3.05, 3.63) is 0 Å². The Kier molecular flexibility index (Phi) is 4.40. The maximum atomic E-state index is 10.5. The van der Waals surface area contributed by atoms with E-state index in [0.29, 0.717) is 6.42 Å². The first kappa shape index (κ1) is 8.69. The summed E-state index contributed by atoms with van der Waals surface area (Å²) in [5, 5.41) is 0. The summed E-state index contributed by atoms with van der Waals surface area (Å²) in [5.41, 5.74) is 0. The van der Waals surface area contributed by atoms with Gasteiger partial charge in [0.1, 0.15) is 12.1 Å². The molecule has 0 aromatic heterocycles. The smallest absolute Gasteiger partial charge is 0.143 e. The summed E-state index contributed by atoms with van der Waals surface area (Å²) in [7, 11) is 0. The molecule has 0 bridgehead atoms. The maximum absolute atomic E-state index is 10.5. The first-order chi connectivity index (χ1) is 4.20. The lowest BCUT2D eigenvalue weighted by molar-refractivity contribution is -0.120. The van der Waals surface area contributed by atoms with E-state index < -0.39 is 0 Å². The molecule has 0 heterocycles. The molecule has 0 N–H and O–H groups in total. The standard InChI is InChI=1S/C6H10O2S/c1-5(3-7)2-6(8)4-9/h3,5,9H,2,4H2,1H3. The number of thiol groups is 1. The van der Waals surface area contributed by atoms with Crippen molar-refractivity contribution < 1.29 is 9.59 Å². The third-order valence-corrected chi connectivity index (χ3v) is 1.31. The van der Waals surface area contributed by atoms with Gasteiger partial charge in [-0.1, -0.05) is 6.92 Å². The second-order valence-corrected chi connectivity index (χ2v) is 2.33. The van der Waals surface area contributed by atoms with Crippen molar-refractivity contribution >= 4 is 24.7 Å². The molecule has 0 aromatic carbocycles. The zero-order valence-electron chi connectivity index (χ0n) is 5.33. The van der Waals surface area contributed by atoms with Crippen LogP contribution in [0, 0.1) is 5.92 Å². The van der Waals surface area contributed by atoms with Crippen LogP contribution in [-0.4, -0.2) is 17.8 Å². The number of carbonyl (C=O) groups excluding carboxylic acids is 2. The van der Waals surface area contributed by atoms with Gasteiger partial charge in [0.2, 0.25) is 0 Å². The van der Waals surface area contributed by atoms with Crippen LogP contribution in [0.2, 0.25) is 0 Å². The second kappa shape index (κ2) is 4.56. The molecule has 1 unspecified atom stereocenters. The van der Waals surface area contributed by atoms with Gasteiger partial charge in [-0.2, -0.15) is 12.6 Å². The van der Waals surface area contributed by atoms with E-state index in [0.717, 1.165) is 6.29 Å². The van der Waals surface area contributed by atoms with Crippen molar-refractivity contribution in [1.82, 2.24) is 0 Å². The molecule has 0 saturated heterocycles. The molecule has 0 saturated carbocycles. The van der Waals surface area contributed by atoms with Gasteiger partial charge in [0, 0.05) is 18.1 Å². The SMILES string of the molecule is CC(C=O)CC(=O)CS. The van der Waals surface area contributed by atoms with Gasteiger partial charge in [0.05, 0.1) is 0 Å². The van der Waals surface area contributed by atoms with Crippen LogP contribution in [0.15, 0.2) is 0 Å². The predicted octanol–water partition coefficient (Wildman–Crippen LogP) is 0.710. The van der Waals surface area contributed by atoms with E-state index in [1.165, 1.54) is 0 Å². The third-order valence-electron chi connectivity index (χ3n) is 0.958. The Balaban J connectivity index is 3.46. The first-order valence-electron chi connectivity index (χ1n) is 2.78. The molecule has 1 atom stereocenters. The number of hydrogen-bond donors (Lipinski definition) is 1. The van der Waals surface area contributed by atoms with Gasteiger partial charge >= 0.3 is 0 Å². The van der Waals surface area contributed by atoms with Gasteiger partial charge in [0.25, 0.3) is 0 Å². The van der Waals surface area contributed by atoms with Crippen LogP contribution < -0.4 is 0 Å². The number of carbonyl (C=O) groups is 2. The van der Waals surface area contributed by atoms with Gasteiger partial charge in [-0.05, 0) is 0 Å². The summed E-state index contributed by atoms with van der Waals surface area (Å²) in [6.45, 7) is 1.72. The normalized spacial score (nSPS) is 12.7. The molecule has 0 aliphatic carbocycles. The van der Waals surface area contributed by atoms with Crippen LogP contribution in [0.4, 0.5) is 0 Å². The molecule has 52 valence electrons. The molecular weight excluding hydrogens is 136 g/mol. The van der Waals surface area contributed by atoms with Gasteiger partial charge in [0.15, 0.2) is 0 Å². The highest BCUT2D eigenvalue weighted by atomic mass is 32.1. The van der Waals surface area contributed by atoms with Crippen LogP contribution in [0.25, 0.3) is 0 Å². The lowest BCUT2D eigenvalue weighted by atomic mass is 10.1. The fraction of sp³-hybridized carbons (Fsp3) is 0.667. The first-order valence-corrected chi connectivity index (χ1v) is 3.41. The molecular formula is C6H10O2S. The molecule has 0 aromatic rings. The molecule has 0 aliphatic heterocycles. The largest absolute Gasteiger partial charge is 0.303 e. The van der Waals surface area contributed by atoms with Gasteiger partial charge in [-0.3, -0.25) is 4.79 Å². The molecule has 0 rings (SSSR count). The van der Waals surface area contributed by atoms with Crippen LogP contribution in [-0.2, 0) is 9.59 Å². The molecule has 9 heavy (non-hydrogen) atoms. The van der Waals surface area contributed by atoms with Gasteiger partial charge < -0.3 is 4.79 Å². The van der Waals surface area contributed by atoms with E-state index in [-0.39, 0.29) is 17.5 Å². The van der Waals surface area contributed by atoms with Crippen molar-refractivity contribution in [2.45, 2.75) is 13.3 Å². The van der Waals surface area contributed by atoms with Crippen LogP contribution in [0.1, 0.15) is 13.3 Å². The molecule has 0 fully saturated rings. The Morgan fingerprint density at radius 3 is 2.67 bits per heavy atom. The van der Waals surface area contributed by atoms with E-state index in [1.54, 1.807) is 6.92 Å². The molecule has 0 radical (unpaired) electrons. The number of aldehydes is 1. The van der Waals surface area contributed by atoms with Gasteiger partial charge in [-0.25, -0.2) is 0 Å². The Morgan fingerprint density at radius 1 is 1.78 bits per heavy atom. The van der Waals surface area contributed by atoms with Crippen molar-refractivity contribution in [2.75, 3.05) is 5.75 Å². The lowest BCUT2D eigenvalue weighted by Crippen LogP contribution is -2.06. The van der Waals surface area contributed by atoms with E-state index in [9.17, 15) is 9.59 Å². The fourth-order valence-corrected chi connectivity index (χ4v) is 0.601. The summed E-state index contributed by atoms with van der Waals surface area (Å²) in [6, 6.07) is 0. The molecule has 2 nitrogen and oxygen atoms in total. The Morgan fingerprint density at radius 2 is 2.33 bits per heavy atom. The van der Waals surface area contributed by atoms with Crippen molar-refractivity contribution in [3.8, 4) is 0 Å². The summed E-state index contributed by atoms with van der Waals surface area (Å²) < 4.78 is 0. The number of rotatable bonds is 4. The minimum Gasteiger partial charge on any atom is -0.303 e. The highest BCUT2D eigenvalue weighted by Gasteiger charge is 2.04. The van der Waals surface area contributed by atoms with E-state index >= 15 is 0 Å². The van der Waals surface area contributed by atoms with Crippen LogP contribution >= 0.6 is 12.6 Å². The number of hydrogen-bond acceptors (Lipinski definition) is 3. The molecule has 0 amide bonds. The Labute approximate surface area is 60.0 Å². The van der Waals surface area contributed by atoms with Crippen molar-refractivity contribution in [1.29, 1.82) is 0 Å². The monoisotopic (exact) mass is 146 g/mol. The van der Waals surface area contributed by atoms with E-state index in [2.05, 4.69) is 12.6 Å². The predicted molar refractivity (Wildman–Crippen MR) is 38.7 cm³/mol. The van der Waals surface area contributed by atoms with E-state index in [4.69, 9.17) is 0 Å². The highest BCUT2D eigenvalue weighted by molar-refractivity contribution is 7.81. The zero-order valence-corrected chi connectivity index (χ0v) is 6.23. The minimum absolute atomic E-state index is 0.0259. The van der Waals surface area contributed by atoms with E-state index in [1.807, 2.05) is 0 Å². The number of Topliss-reactive ketones (excluding diaryl/α,β-unsaturated/α-hetero) is 1. The van der Waals surface area contributed by atoms with Crippen molar-refractivity contribution in [2.24, 2.45) is 5.92 Å². The number of ketones is 1. The summed E-state index contributed by atoms with van der Waals surface area (Å²) >= 11 is 3.76. The maximum Gasteiger partial charge on any atom is 0.143 e. The molecule has 0 aliphatic rings. The fourth-order valence-electron chi connectivity index (χ4n) is 0.472. The summed E-state index contributed by atoms with van der Waals surface area (Å²) in [5.74, 6) is 0.112. The third kappa shape index (κ3) is 4.21.